The van der Waals surface area contributed by atoms with Crippen LogP contribution in [0.2, 0.25) is 0 Å². The molecule has 17 heavy (non-hydrogen) atoms. The maximum Gasteiger partial charge on any atom is 0.0693 e. The second-order valence-corrected chi connectivity index (χ2v) is 5.44. The summed E-state index contributed by atoms with van der Waals surface area (Å²) in [6, 6.07) is 0.755. The number of morpholine rings is 1. The molecule has 0 bridgehead atoms. The molecule has 3 unspecified atom stereocenters. The molecule has 0 aromatic carbocycles. The Kier molecular flexibility index (Phi) is 5.22. The topological polar surface area (TPSA) is 44.7 Å². The molecule has 2 N–H and O–H groups in total. The molecule has 1 aliphatic carbocycles. The fourth-order valence-electron chi connectivity index (χ4n) is 2.89. The van der Waals surface area contributed by atoms with Crippen LogP contribution in [0.4, 0.5) is 0 Å². The highest BCUT2D eigenvalue weighted by Crippen LogP contribution is 2.18. The van der Waals surface area contributed by atoms with Crippen molar-refractivity contribution in [1.82, 2.24) is 10.2 Å². The molecule has 4 heteroatoms. The van der Waals surface area contributed by atoms with E-state index in [9.17, 15) is 5.11 Å². The maximum atomic E-state index is 9.93. The van der Waals surface area contributed by atoms with Gasteiger partial charge < -0.3 is 15.2 Å². The van der Waals surface area contributed by atoms with Crippen LogP contribution in [0.3, 0.4) is 0 Å². The van der Waals surface area contributed by atoms with Crippen molar-refractivity contribution in [3.63, 3.8) is 0 Å². The smallest absolute Gasteiger partial charge is 0.0693 e. The Bertz CT molecular complexity index is 219. The van der Waals surface area contributed by atoms with Crippen LogP contribution >= 0.6 is 0 Å². The lowest BCUT2D eigenvalue weighted by molar-refractivity contribution is 0.0300. The molecular formula is C13H26N2O2. The van der Waals surface area contributed by atoms with E-state index >= 15 is 0 Å². The summed E-state index contributed by atoms with van der Waals surface area (Å²) in [5, 5.41) is 13.5. The van der Waals surface area contributed by atoms with Crippen LogP contribution in [0.25, 0.3) is 0 Å². The average Bonchev–Trinajstić information content (AvgIpc) is 2.33. The second kappa shape index (κ2) is 6.69. The van der Waals surface area contributed by atoms with Gasteiger partial charge >= 0.3 is 0 Å². The molecule has 0 spiro atoms. The Labute approximate surface area is 104 Å². The van der Waals surface area contributed by atoms with E-state index in [2.05, 4.69) is 17.1 Å². The number of rotatable bonds is 4. The molecule has 2 aliphatic rings. The normalized spacial score (nSPS) is 33.5. The van der Waals surface area contributed by atoms with Gasteiger partial charge in [-0.1, -0.05) is 12.8 Å². The highest BCUT2D eigenvalue weighted by Gasteiger charge is 2.24. The van der Waals surface area contributed by atoms with Crippen molar-refractivity contribution in [3.8, 4) is 0 Å². The third-order valence-corrected chi connectivity index (χ3v) is 3.86. The minimum atomic E-state index is -0.143. The lowest BCUT2D eigenvalue weighted by atomic mass is 9.92. The molecule has 2 rings (SSSR count). The van der Waals surface area contributed by atoms with Crippen molar-refractivity contribution in [1.29, 1.82) is 0 Å². The van der Waals surface area contributed by atoms with E-state index < -0.39 is 0 Å². The highest BCUT2D eigenvalue weighted by molar-refractivity contribution is 4.83. The summed E-state index contributed by atoms with van der Waals surface area (Å²) in [6.45, 7) is 7.08. The molecule has 0 aromatic rings. The molecule has 0 amide bonds. The molecule has 1 aliphatic heterocycles. The second-order valence-electron chi connectivity index (χ2n) is 5.44. The predicted molar refractivity (Wildman–Crippen MR) is 68.1 cm³/mol. The molecule has 0 radical (unpaired) electrons. The standard InChI is InChI=1S/C13H26N2O2/c1-11(10-15-6-8-17-9-7-15)14-12-4-2-3-5-13(12)16/h11-14,16H,2-10H2,1H3. The molecule has 1 saturated carbocycles. The Morgan fingerprint density at radius 2 is 2.00 bits per heavy atom. The Morgan fingerprint density at radius 3 is 2.71 bits per heavy atom. The summed E-state index contributed by atoms with van der Waals surface area (Å²) in [7, 11) is 0. The monoisotopic (exact) mass is 242 g/mol. The maximum absolute atomic E-state index is 9.93. The molecule has 3 atom stereocenters. The number of aliphatic hydroxyl groups excluding tert-OH is 1. The lowest BCUT2D eigenvalue weighted by Gasteiger charge is -2.34. The van der Waals surface area contributed by atoms with Gasteiger partial charge in [0, 0.05) is 31.7 Å². The van der Waals surface area contributed by atoms with Gasteiger partial charge in [-0.05, 0) is 19.8 Å². The summed E-state index contributed by atoms with van der Waals surface area (Å²) in [4.78, 5) is 2.44. The molecule has 0 aromatic heterocycles. The van der Waals surface area contributed by atoms with E-state index in [1.165, 1.54) is 12.8 Å². The third-order valence-electron chi connectivity index (χ3n) is 3.86. The lowest BCUT2D eigenvalue weighted by Crippen LogP contribution is -2.51. The van der Waals surface area contributed by atoms with Crippen LogP contribution in [0.15, 0.2) is 0 Å². The zero-order valence-corrected chi connectivity index (χ0v) is 10.9. The van der Waals surface area contributed by atoms with Crippen LogP contribution in [0, 0.1) is 0 Å². The van der Waals surface area contributed by atoms with Gasteiger partial charge in [0.05, 0.1) is 19.3 Å². The van der Waals surface area contributed by atoms with Gasteiger partial charge in [-0.15, -0.1) is 0 Å². The van der Waals surface area contributed by atoms with E-state index in [4.69, 9.17) is 4.74 Å². The molecule has 1 heterocycles. The van der Waals surface area contributed by atoms with Crippen molar-refractivity contribution < 1.29 is 9.84 Å². The fraction of sp³-hybridized carbons (Fsp3) is 1.00. The first-order valence-electron chi connectivity index (χ1n) is 7.00. The number of hydrogen-bond donors (Lipinski definition) is 2. The van der Waals surface area contributed by atoms with E-state index in [1.807, 2.05) is 0 Å². The first-order valence-corrected chi connectivity index (χ1v) is 7.00. The number of aliphatic hydroxyl groups is 1. The van der Waals surface area contributed by atoms with Gasteiger partial charge in [0.1, 0.15) is 0 Å². The Hall–Kier alpha value is -0.160. The van der Waals surface area contributed by atoms with E-state index in [0.29, 0.717) is 12.1 Å². The summed E-state index contributed by atoms with van der Waals surface area (Å²) in [6.07, 6.45) is 4.36. The van der Waals surface area contributed by atoms with Crippen LogP contribution in [0.1, 0.15) is 32.6 Å². The fourth-order valence-corrected chi connectivity index (χ4v) is 2.89. The first-order chi connectivity index (χ1) is 8.25. The summed E-state index contributed by atoms with van der Waals surface area (Å²) >= 11 is 0. The number of nitrogens with zero attached hydrogens (tertiary/aromatic N) is 1. The summed E-state index contributed by atoms with van der Waals surface area (Å²) in [5.74, 6) is 0. The molecule has 100 valence electrons. The average molecular weight is 242 g/mol. The minimum absolute atomic E-state index is 0.143. The van der Waals surface area contributed by atoms with Gasteiger partial charge in [-0.25, -0.2) is 0 Å². The van der Waals surface area contributed by atoms with Crippen LogP contribution in [-0.2, 0) is 4.74 Å². The first kappa shape index (κ1) is 13.3. The molecule has 1 saturated heterocycles. The van der Waals surface area contributed by atoms with Crippen molar-refractivity contribution >= 4 is 0 Å². The van der Waals surface area contributed by atoms with Crippen molar-refractivity contribution in [2.45, 2.75) is 50.8 Å². The van der Waals surface area contributed by atoms with Crippen LogP contribution in [-0.4, -0.2) is 61.0 Å². The van der Waals surface area contributed by atoms with Crippen LogP contribution in [0.5, 0.6) is 0 Å². The van der Waals surface area contributed by atoms with Gasteiger partial charge in [-0.2, -0.15) is 0 Å². The van der Waals surface area contributed by atoms with Gasteiger partial charge in [-0.3, -0.25) is 4.90 Å². The zero-order chi connectivity index (χ0) is 12.1. The Balaban J connectivity index is 1.70. The number of hydrogen-bond acceptors (Lipinski definition) is 4. The van der Waals surface area contributed by atoms with Crippen molar-refractivity contribution in [2.24, 2.45) is 0 Å². The quantitative estimate of drug-likeness (QED) is 0.758. The van der Waals surface area contributed by atoms with E-state index in [1.54, 1.807) is 0 Å². The molecule has 2 fully saturated rings. The third kappa shape index (κ3) is 4.21. The number of nitrogens with one attached hydrogen (secondary N) is 1. The highest BCUT2D eigenvalue weighted by atomic mass is 16.5. The largest absolute Gasteiger partial charge is 0.392 e. The predicted octanol–water partition coefficient (Wildman–Crippen LogP) is 0.600. The Morgan fingerprint density at radius 1 is 1.29 bits per heavy atom. The van der Waals surface area contributed by atoms with Crippen molar-refractivity contribution in [2.75, 3.05) is 32.8 Å². The number of ether oxygens (including phenoxy) is 1. The summed E-state index contributed by atoms with van der Waals surface area (Å²) in [5.41, 5.74) is 0. The van der Waals surface area contributed by atoms with Gasteiger partial charge in [0.25, 0.3) is 0 Å². The molecule has 4 nitrogen and oxygen atoms in total. The van der Waals surface area contributed by atoms with Crippen molar-refractivity contribution in [3.05, 3.63) is 0 Å². The minimum Gasteiger partial charge on any atom is -0.392 e. The SMILES string of the molecule is CC(CN1CCOCC1)NC1CCCCC1O. The van der Waals surface area contributed by atoms with Crippen LogP contribution < -0.4 is 5.32 Å². The molecular weight excluding hydrogens is 216 g/mol. The van der Waals surface area contributed by atoms with Gasteiger partial charge in [0.15, 0.2) is 0 Å². The summed E-state index contributed by atoms with van der Waals surface area (Å²) < 4.78 is 5.35. The van der Waals surface area contributed by atoms with E-state index in [-0.39, 0.29) is 6.10 Å². The van der Waals surface area contributed by atoms with Gasteiger partial charge in [0.2, 0.25) is 0 Å². The zero-order valence-electron chi connectivity index (χ0n) is 10.9. The van der Waals surface area contributed by atoms with E-state index in [0.717, 1.165) is 45.7 Å².